The zero-order valence-electron chi connectivity index (χ0n) is 18.4. The standard InChI is InChI=1S/C25H48/c1-7-9-11-12-14-21-20(6)17-24-22(16-15-19(5)18(3)4)23(25(21)24)13-10-8-2/h18-25H,7-17H2,1-6H3. The van der Waals surface area contributed by atoms with Crippen LogP contribution in [0.1, 0.15) is 112 Å². The van der Waals surface area contributed by atoms with Gasteiger partial charge in [0.05, 0.1) is 0 Å². The van der Waals surface area contributed by atoms with E-state index < -0.39 is 0 Å². The van der Waals surface area contributed by atoms with E-state index in [1.165, 1.54) is 57.8 Å². The Balaban J connectivity index is 1.92. The van der Waals surface area contributed by atoms with E-state index in [0.29, 0.717) is 0 Å². The number of hydrogen-bond acceptors (Lipinski definition) is 0. The van der Waals surface area contributed by atoms with E-state index in [4.69, 9.17) is 0 Å². The van der Waals surface area contributed by atoms with Crippen LogP contribution in [0.3, 0.4) is 0 Å². The number of hydrogen-bond donors (Lipinski definition) is 0. The SMILES string of the molecule is CCCCCCC1C(C)CC2C(CCC(C)C(C)C)C(CCCC)C12. The average molecular weight is 349 g/mol. The van der Waals surface area contributed by atoms with Gasteiger partial charge in [-0.15, -0.1) is 0 Å². The van der Waals surface area contributed by atoms with E-state index in [0.717, 1.165) is 47.3 Å². The lowest BCUT2D eigenvalue weighted by Gasteiger charge is -2.52. The van der Waals surface area contributed by atoms with Gasteiger partial charge in [0.2, 0.25) is 0 Å². The summed E-state index contributed by atoms with van der Waals surface area (Å²) in [7, 11) is 0. The lowest BCUT2D eigenvalue weighted by Crippen LogP contribution is -2.46. The lowest BCUT2D eigenvalue weighted by molar-refractivity contribution is -0.0396. The second kappa shape index (κ2) is 10.4. The molecule has 0 saturated heterocycles. The highest BCUT2D eigenvalue weighted by Gasteiger charge is 2.57. The second-order valence-electron chi connectivity index (χ2n) is 10.2. The molecule has 0 N–H and O–H groups in total. The van der Waals surface area contributed by atoms with Crippen LogP contribution in [0.25, 0.3) is 0 Å². The molecule has 2 aliphatic carbocycles. The zero-order chi connectivity index (χ0) is 18.4. The first-order valence-corrected chi connectivity index (χ1v) is 12.0. The van der Waals surface area contributed by atoms with Gasteiger partial charge in [-0.1, -0.05) is 86.5 Å². The van der Waals surface area contributed by atoms with E-state index in [9.17, 15) is 0 Å². The minimum atomic E-state index is 0.860. The van der Waals surface area contributed by atoms with Crippen LogP contribution in [0.4, 0.5) is 0 Å². The number of rotatable bonds is 12. The summed E-state index contributed by atoms with van der Waals surface area (Å²) < 4.78 is 0. The maximum Gasteiger partial charge on any atom is -0.0321 e. The molecule has 2 aliphatic rings. The molecule has 7 atom stereocenters. The van der Waals surface area contributed by atoms with E-state index in [-0.39, 0.29) is 0 Å². The summed E-state index contributed by atoms with van der Waals surface area (Å²) in [5, 5.41) is 0. The van der Waals surface area contributed by atoms with Crippen LogP contribution < -0.4 is 0 Å². The van der Waals surface area contributed by atoms with Crippen LogP contribution in [0.15, 0.2) is 0 Å². The summed E-state index contributed by atoms with van der Waals surface area (Å²) in [5.74, 6) is 8.24. The van der Waals surface area contributed by atoms with Gasteiger partial charge < -0.3 is 0 Å². The molecule has 0 nitrogen and oxygen atoms in total. The van der Waals surface area contributed by atoms with E-state index >= 15 is 0 Å². The Morgan fingerprint density at radius 1 is 0.760 bits per heavy atom. The second-order valence-corrected chi connectivity index (χ2v) is 10.2. The van der Waals surface area contributed by atoms with Crippen molar-refractivity contribution in [1.82, 2.24) is 0 Å². The zero-order valence-corrected chi connectivity index (χ0v) is 18.4. The van der Waals surface area contributed by atoms with Crippen molar-refractivity contribution in [3.05, 3.63) is 0 Å². The molecule has 0 aromatic heterocycles. The summed E-state index contributed by atoms with van der Waals surface area (Å²) in [6, 6.07) is 0. The van der Waals surface area contributed by atoms with Gasteiger partial charge in [0.15, 0.2) is 0 Å². The Morgan fingerprint density at radius 3 is 2.08 bits per heavy atom. The first-order valence-electron chi connectivity index (χ1n) is 12.0. The van der Waals surface area contributed by atoms with Crippen molar-refractivity contribution >= 4 is 0 Å². The molecule has 148 valence electrons. The molecule has 0 aliphatic heterocycles. The highest BCUT2D eigenvalue weighted by Crippen LogP contribution is 2.63. The summed E-state index contributed by atoms with van der Waals surface area (Å²) in [6.45, 7) is 14.6. The van der Waals surface area contributed by atoms with Crippen LogP contribution in [0.2, 0.25) is 0 Å². The fourth-order valence-corrected chi connectivity index (χ4v) is 6.36. The molecule has 0 amide bonds. The van der Waals surface area contributed by atoms with Gasteiger partial charge >= 0.3 is 0 Å². The molecule has 0 spiro atoms. The topological polar surface area (TPSA) is 0 Å². The van der Waals surface area contributed by atoms with Crippen molar-refractivity contribution in [2.24, 2.45) is 47.3 Å². The Kier molecular flexibility index (Phi) is 8.83. The molecule has 0 heterocycles. The summed E-state index contributed by atoms with van der Waals surface area (Å²) >= 11 is 0. The van der Waals surface area contributed by atoms with Gasteiger partial charge in [-0.05, 0) is 73.0 Å². The van der Waals surface area contributed by atoms with E-state index in [2.05, 4.69) is 41.5 Å². The fraction of sp³-hybridized carbons (Fsp3) is 1.00. The molecule has 25 heavy (non-hydrogen) atoms. The van der Waals surface area contributed by atoms with E-state index in [1.54, 1.807) is 12.8 Å². The van der Waals surface area contributed by atoms with Crippen LogP contribution in [-0.4, -0.2) is 0 Å². The molecular formula is C25H48. The molecule has 2 fully saturated rings. The van der Waals surface area contributed by atoms with Gasteiger partial charge in [0.25, 0.3) is 0 Å². The van der Waals surface area contributed by atoms with Gasteiger partial charge in [0, 0.05) is 0 Å². The number of unbranched alkanes of at least 4 members (excludes halogenated alkanes) is 4. The highest BCUT2D eigenvalue weighted by atomic mass is 14.6. The lowest BCUT2D eigenvalue weighted by atomic mass is 9.53. The van der Waals surface area contributed by atoms with Crippen LogP contribution >= 0.6 is 0 Å². The Hall–Kier alpha value is 0. The number of fused-ring (bicyclic) bond motifs is 1. The fourth-order valence-electron chi connectivity index (χ4n) is 6.36. The molecule has 0 heteroatoms. The van der Waals surface area contributed by atoms with Gasteiger partial charge in [-0.3, -0.25) is 0 Å². The van der Waals surface area contributed by atoms with E-state index in [1.807, 2.05) is 0 Å². The molecule has 2 saturated carbocycles. The third-order valence-electron chi connectivity index (χ3n) is 8.33. The predicted octanol–water partition coefficient (Wildman–Crippen LogP) is 8.35. The third kappa shape index (κ3) is 5.26. The summed E-state index contributed by atoms with van der Waals surface area (Å²) in [6.07, 6.45) is 16.3. The quantitative estimate of drug-likeness (QED) is 0.311. The third-order valence-corrected chi connectivity index (χ3v) is 8.33. The smallest absolute Gasteiger partial charge is 0.0321 e. The van der Waals surface area contributed by atoms with Crippen molar-refractivity contribution < 1.29 is 0 Å². The minimum absolute atomic E-state index is 0.860. The van der Waals surface area contributed by atoms with Gasteiger partial charge in [-0.25, -0.2) is 0 Å². The highest BCUT2D eigenvalue weighted by molar-refractivity contribution is 5.05. The van der Waals surface area contributed by atoms with Crippen molar-refractivity contribution in [2.45, 2.75) is 112 Å². The largest absolute Gasteiger partial charge is 0.0654 e. The van der Waals surface area contributed by atoms with Crippen LogP contribution in [0, 0.1) is 47.3 Å². The molecule has 2 rings (SSSR count). The van der Waals surface area contributed by atoms with Crippen molar-refractivity contribution in [2.75, 3.05) is 0 Å². The van der Waals surface area contributed by atoms with Crippen molar-refractivity contribution in [3.8, 4) is 0 Å². The Labute approximate surface area is 159 Å². The summed E-state index contributed by atoms with van der Waals surface area (Å²) in [5.41, 5.74) is 0. The molecule has 0 aromatic carbocycles. The molecule has 0 bridgehead atoms. The monoisotopic (exact) mass is 348 g/mol. The average Bonchev–Trinajstić information content (AvgIpc) is 2.85. The predicted molar refractivity (Wildman–Crippen MR) is 113 cm³/mol. The molecular weight excluding hydrogens is 300 g/mol. The summed E-state index contributed by atoms with van der Waals surface area (Å²) in [4.78, 5) is 0. The molecule has 0 aromatic rings. The normalized spacial score (nSPS) is 35.6. The van der Waals surface area contributed by atoms with Crippen molar-refractivity contribution in [1.29, 1.82) is 0 Å². The molecule has 0 radical (unpaired) electrons. The Bertz CT molecular complexity index is 357. The minimum Gasteiger partial charge on any atom is -0.0654 e. The first kappa shape index (κ1) is 21.3. The van der Waals surface area contributed by atoms with Crippen LogP contribution in [0.5, 0.6) is 0 Å². The van der Waals surface area contributed by atoms with Gasteiger partial charge in [0.1, 0.15) is 0 Å². The maximum atomic E-state index is 2.59. The first-order chi connectivity index (χ1) is 12.0. The molecule has 7 unspecified atom stereocenters. The van der Waals surface area contributed by atoms with Crippen LogP contribution in [-0.2, 0) is 0 Å². The maximum absolute atomic E-state index is 2.59. The van der Waals surface area contributed by atoms with Crippen molar-refractivity contribution in [3.63, 3.8) is 0 Å². The Morgan fingerprint density at radius 2 is 1.44 bits per heavy atom. The van der Waals surface area contributed by atoms with Gasteiger partial charge in [-0.2, -0.15) is 0 Å².